The fourth-order valence-corrected chi connectivity index (χ4v) is 3.78. The number of fused-ring (bicyclic) bond motifs is 1. The monoisotopic (exact) mass is 424 g/mol. The Morgan fingerprint density at radius 3 is 2.61 bits per heavy atom. The van der Waals surface area contributed by atoms with Crippen LogP contribution >= 0.6 is 34.5 Å². The van der Waals surface area contributed by atoms with E-state index in [-0.39, 0.29) is 5.91 Å². The van der Waals surface area contributed by atoms with Crippen LogP contribution in [0.1, 0.15) is 5.56 Å². The molecule has 6 heteroatoms. The molecule has 0 unspecified atom stereocenters. The van der Waals surface area contributed by atoms with Crippen LogP contribution in [0.5, 0.6) is 0 Å². The smallest absolute Gasteiger partial charge is 0.250 e. The highest BCUT2D eigenvalue weighted by atomic mass is 35.5. The zero-order valence-electron chi connectivity index (χ0n) is 14.5. The van der Waals surface area contributed by atoms with Crippen molar-refractivity contribution in [3.63, 3.8) is 0 Å². The summed E-state index contributed by atoms with van der Waals surface area (Å²) in [4.78, 5) is 16.7. The Hall–Kier alpha value is -2.66. The number of aromatic nitrogens is 1. The second-order valence-corrected chi connectivity index (χ2v) is 7.77. The van der Waals surface area contributed by atoms with Crippen LogP contribution in [0.2, 0.25) is 10.0 Å². The van der Waals surface area contributed by atoms with Gasteiger partial charge in [-0.25, -0.2) is 4.98 Å². The number of benzene rings is 3. The van der Waals surface area contributed by atoms with Gasteiger partial charge in [0.25, 0.3) is 0 Å². The molecule has 3 aromatic carbocycles. The molecule has 3 nitrogen and oxygen atoms in total. The van der Waals surface area contributed by atoms with E-state index in [1.54, 1.807) is 24.3 Å². The molecular weight excluding hydrogens is 411 g/mol. The molecule has 1 aromatic heterocycles. The molecule has 0 aliphatic rings. The minimum absolute atomic E-state index is 0.259. The summed E-state index contributed by atoms with van der Waals surface area (Å²) in [6.07, 6.45) is 3.12. The van der Waals surface area contributed by atoms with Gasteiger partial charge in [-0.2, -0.15) is 0 Å². The van der Waals surface area contributed by atoms with E-state index < -0.39 is 0 Å². The SMILES string of the molecule is O=C(/C=C/c1ccc(Cl)c(Cl)c1)Nc1nc(-c2ccc3ccccc3c2)cs1. The van der Waals surface area contributed by atoms with Crippen LogP contribution in [0.15, 0.2) is 72.1 Å². The van der Waals surface area contributed by atoms with Crippen LogP contribution in [0, 0.1) is 0 Å². The normalized spacial score (nSPS) is 11.2. The summed E-state index contributed by atoms with van der Waals surface area (Å²) in [6, 6.07) is 19.6. The van der Waals surface area contributed by atoms with Gasteiger partial charge in [-0.05, 0) is 40.6 Å². The highest BCUT2D eigenvalue weighted by Crippen LogP contribution is 2.28. The number of rotatable bonds is 4. The number of nitrogens with one attached hydrogen (secondary N) is 1. The average molecular weight is 425 g/mol. The van der Waals surface area contributed by atoms with Gasteiger partial charge in [0.15, 0.2) is 5.13 Å². The Labute approximate surface area is 176 Å². The van der Waals surface area contributed by atoms with Crippen LogP contribution < -0.4 is 5.32 Å². The van der Waals surface area contributed by atoms with Gasteiger partial charge in [0, 0.05) is 17.0 Å². The van der Waals surface area contributed by atoms with E-state index in [4.69, 9.17) is 23.2 Å². The van der Waals surface area contributed by atoms with E-state index in [0.717, 1.165) is 22.2 Å². The Bertz CT molecular complexity index is 1200. The second kappa shape index (κ2) is 8.15. The lowest BCUT2D eigenvalue weighted by Gasteiger charge is -2.01. The third kappa shape index (κ3) is 4.25. The van der Waals surface area contributed by atoms with Gasteiger partial charge in [-0.1, -0.05) is 65.7 Å². The summed E-state index contributed by atoms with van der Waals surface area (Å²) in [5.74, 6) is -0.259. The van der Waals surface area contributed by atoms with E-state index in [9.17, 15) is 4.79 Å². The van der Waals surface area contributed by atoms with Crippen LogP contribution in [-0.4, -0.2) is 10.9 Å². The van der Waals surface area contributed by atoms with E-state index in [0.29, 0.717) is 15.2 Å². The van der Waals surface area contributed by atoms with Crippen molar-refractivity contribution in [2.75, 3.05) is 5.32 Å². The first-order valence-corrected chi connectivity index (χ1v) is 10.1. The average Bonchev–Trinajstić information content (AvgIpc) is 3.17. The molecule has 4 aromatic rings. The third-order valence-electron chi connectivity index (χ3n) is 4.15. The van der Waals surface area contributed by atoms with E-state index in [1.165, 1.54) is 22.8 Å². The largest absolute Gasteiger partial charge is 0.298 e. The lowest BCUT2D eigenvalue weighted by molar-refractivity contribution is -0.111. The van der Waals surface area contributed by atoms with Gasteiger partial charge in [-0.3, -0.25) is 10.1 Å². The molecule has 0 spiro atoms. The molecule has 1 N–H and O–H groups in total. The minimum Gasteiger partial charge on any atom is -0.298 e. The van der Waals surface area contributed by atoms with Crippen LogP contribution in [0.3, 0.4) is 0 Å². The maximum Gasteiger partial charge on any atom is 0.250 e. The topological polar surface area (TPSA) is 42.0 Å². The number of anilines is 1. The number of thiazole rings is 1. The molecule has 0 aliphatic heterocycles. The highest BCUT2D eigenvalue weighted by Gasteiger charge is 2.07. The van der Waals surface area contributed by atoms with Gasteiger partial charge in [0.1, 0.15) is 0 Å². The van der Waals surface area contributed by atoms with Crippen LogP contribution in [-0.2, 0) is 4.79 Å². The Balaban J connectivity index is 1.47. The van der Waals surface area contributed by atoms with E-state index in [2.05, 4.69) is 34.6 Å². The zero-order valence-corrected chi connectivity index (χ0v) is 16.9. The molecule has 1 heterocycles. The maximum absolute atomic E-state index is 12.2. The standard InChI is InChI=1S/C22H14Cl2N2OS/c23-18-9-5-14(11-19(18)24)6-10-21(27)26-22-25-20(13-28-22)17-8-7-15-3-1-2-4-16(15)12-17/h1-13H,(H,25,26,27)/b10-6+. The van der Waals surface area contributed by atoms with Crippen molar-refractivity contribution in [2.45, 2.75) is 0 Å². The molecule has 0 aliphatic carbocycles. The van der Waals surface area contributed by atoms with Gasteiger partial charge in [0.2, 0.25) is 5.91 Å². The molecule has 0 saturated heterocycles. The van der Waals surface area contributed by atoms with Gasteiger partial charge < -0.3 is 0 Å². The molecule has 28 heavy (non-hydrogen) atoms. The van der Waals surface area contributed by atoms with Crippen molar-refractivity contribution in [2.24, 2.45) is 0 Å². The molecule has 1 amide bonds. The number of amides is 1. The Morgan fingerprint density at radius 2 is 1.79 bits per heavy atom. The van der Waals surface area contributed by atoms with E-state index in [1.807, 2.05) is 23.6 Å². The first-order chi connectivity index (χ1) is 13.6. The van der Waals surface area contributed by atoms with Crippen LogP contribution in [0.4, 0.5) is 5.13 Å². The van der Waals surface area contributed by atoms with Crippen molar-refractivity contribution in [1.29, 1.82) is 0 Å². The van der Waals surface area contributed by atoms with Crippen LogP contribution in [0.25, 0.3) is 28.1 Å². The number of carbonyl (C=O) groups excluding carboxylic acids is 1. The van der Waals surface area contributed by atoms with Crippen molar-refractivity contribution in [3.05, 3.63) is 87.7 Å². The molecule has 0 atom stereocenters. The predicted octanol–water partition coefficient (Wildman–Crippen LogP) is 6.92. The summed E-state index contributed by atoms with van der Waals surface area (Å²) in [6.45, 7) is 0. The Kier molecular flexibility index (Phi) is 5.44. The zero-order chi connectivity index (χ0) is 19.5. The quantitative estimate of drug-likeness (QED) is 0.361. The summed E-state index contributed by atoms with van der Waals surface area (Å²) < 4.78 is 0. The minimum atomic E-state index is -0.259. The molecule has 0 fully saturated rings. The molecule has 0 bridgehead atoms. The number of hydrogen-bond acceptors (Lipinski definition) is 3. The van der Waals surface area contributed by atoms with E-state index >= 15 is 0 Å². The maximum atomic E-state index is 12.2. The summed E-state index contributed by atoms with van der Waals surface area (Å²) in [5.41, 5.74) is 2.64. The first kappa shape index (κ1) is 18.7. The lowest BCUT2D eigenvalue weighted by Crippen LogP contribution is -2.07. The van der Waals surface area contributed by atoms with Crippen molar-refractivity contribution < 1.29 is 4.79 Å². The van der Waals surface area contributed by atoms with Gasteiger partial charge in [-0.15, -0.1) is 11.3 Å². The number of carbonyl (C=O) groups is 1. The summed E-state index contributed by atoms with van der Waals surface area (Å²) in [5, 5.41) is 8.53. The summed E-state index contributed by atoms with van der Waals surface area (Å²) >= 11 is 13.3. The number of halogens is 2. The van der Waals surface area contributed by atoms with Crippen molar-refractivity contribution >= 4 is 62.4 Å². The fourth-order valence-electron chi connectivity index (χ4n) is 2.75. The fraction of sp³-hybridized carbons (Fsp3) is 0. The van der Waals surface area contributed by atoms with Gasteiger partial charge in [0.05, 0.1) is 15.7 Å². The Morgan fingerprint density at radius 1 is 0.964 bits per heavy atom. The third-order valence-corrected chi connectivity index (χ3v) is 5.65. The van der Waals surface area contributed by atoms with Crippen molar-refractivity contribution in [1.82, 2.24) is 4.98 Å². The summed E-state index contributed by atoms with van der Waals surface area (Å²) in [7, 11) is 0. The first-order valence-electron chi connectivity index (χ1n) is 8.47. The molecule has 0 radical (unpaired) electrons. The number of nitrogens with zero attached hydrogens (tertiary/aromatic N) is 1. The molecule has 138 valence electrons. The predicted molar refractivity (Wildman–Crippen MR) is 119 cm³/mol. The van der Waals surface area contributed by atoms with Crippen molar-refractivity contribution in [3.8, 4) is 11.3 Å². The highest BCUT2D eigenvalue weighted by molar-refractivity contribution is 7.14. The lowest BCUT2D eigenvalue weighted by atomic mass is 10.1. The number of hydrogen-bond donors (Lipinski definition) is 1. The van der Waals surface area contributed by atoms with Gasteiger partial charge >= 0.3 is 0 Å². The molecule has 0 saturated carbocycles. The second-order valence-electron chi connectivity index (χ2n) is 6.10. The molecular formula is C22H14Cl2N2OS. The molecule has 4 rings (SSSR count).